The zero-order valence-electron chi connectivity index (χ0n) is 9.90. The molecule has 1 aromatic carbocycles. The number of carbonyl (C=O) groups excluding carboxylic acids is 3. The third kappa shape index (κ3) is 3.03. The molecule has 0 saturated carbocycles. The van der Waals surface area contributed by atoms with Crippen molar-refractivity contribution in [2.75, 3.05) is 5.73 Å². The van der Waals surface area contributed by atoms with Crippen molar-refractivity contribution in [3.05, 3.63) is 28.8 Å². The van der Waals surface area contributed by atoms with Gasteiger partial charge in [0.2, 0.25) is 11.8 Å². The Hall–Kier alpha value is -2.08. The highest BCUT2D eigenvalue weighted by Gasteiger charge is 2.28. The normalized spacial score (nSPS) is 18.9. The van der Waals surface area contributed by atoms with Crippen molar-refractivity contribution in [2.45, 2.75) is 18.9 Å². The maximum absolute atomic E-state index is 12.0. The molecule has 0 aromatic heterocycles. The number of rotatable bonds is 2. The van der Waals surface area contributed by atoms with Crippen LogP contribution >= 0.6 is 11.6 Å². The van der Waals surface area contributed by atoms with E-state index in [0.29, 0.717) is 5.69 Å². The van der Waals surface area contributed by atoms with E-state index in [1.54, 1.807) is 6.07 Å². The molecule has 1 saturated heterocycles. The van der Waals surface area contributed by atoms with Crippen LogP contribution in [0.2, 0.25) is 5.02 Å². The Morgan fingerprint density at radius 1 is 1.42 bits per heavy atom. The lowest BCUT2D eigenvalue weighted by Gasteiger charge is -2.22. The number of nitrogens with one attached hydrogen (secondary N) is 2. The van der Waals surface area contributed by atoms with Gasteiger partial charge in [0.15, 0.2) is 0 Å². The van der Waals surface area contributed by atoms with Crippen LogP contribution in [0, 0.1) is 0 Å². The van der Waals surface area contributed by atoms with Gasteiger partial charge in [0.05, 0.1) is 10.6 Å². The minimum Gasteiger partial charge on any atom is -0.399 e. The van der Waals surface area contributed by atoms with E-state index in [1.807, 2.05) is 0 Å². The van der Waals surface area contributed by atoms with Crippen LogP contribution in [0.5, 0.6) is 0 Å². The summed E-state index contributed by atoms with van der Waals surface area (Å²) in [4.78, 5) is 34.5. The predicted octanol–water partition coefficient (Wildman–Crippen LogP) is 0.457. The number of amides is 3. The smallest absolute Gasteiger partial charge is 0.253 e. The van der Waals surface area contributed by atoms with Gasteiger partial charge in [-0.1, -0.05) is 11.6 Å². The van der Waals surface area contributed by atoms with Crippen LogP contribution in [0.3, 0.4) is 0 Å². The van der Waals surface area contributed by atoms with Gasteiger partial charge in [-0.15, -0.1) is 0 Å². The molecule has 0 bridgehead atoms. The predicted molar refractivity (Wildman–Crippen MR) is 69.5 cm³/mol. The van der Waals surface area contributed by atoms with Crippen molar-refractivity contribution in [2.24, 2.45) is 0 Å². The molecule has 1 atom stereocenters. The molecule has 0 spiro atoms. The van der Waals surface area contributed by atoms with Crippen LogP contribution in [-0.2, 0) is 9.59 Å². The molecule has 6 nitrogen and oxygen atoms in total. The summed E-state index contributed by atoms with van der Waals surface area (Å²) in [6, 6.07) is 3.77. The van der Waals surface area contributed by atoms with Crippen LogP contribution in [0.4, 0.5) is 5.69 Å². The van der Waals surface area contributed by atoms with Crippen molar-refractivity contribution in [1.29, 1.82) is 0 Å². The van der Waals surface area contributed by atoms with E-state index in [2.05, 4.69) is 10.6 Å². The molecule has 1 aliphatic rings. The molecule has 1 aromatic rings. The molecule has 1 fully saturated rings. The SMILES string of the molecule is Nc1ccc(C(=O)NC2CCC(=O)NC2=O)c(Cl)c1. The van der Waals surface area contributed by atoms with Gasteiger partial charge in [-0.25, -0.2) is 0 Å². The fourth-order valence-corrected chi connectivity index (χ4v) is 2.06. The monoisotopic (exact) mass is 281 g/mol. The first kappa shape index (κ1) is 13.4. The van der Waals surface area contributed by atoms with Gasteiger partial charge in [-0.3, -0.25) is 19.7 Å². The van der Waals surface area contributed by atoms with Crippen molar-refractivity contribution in [3.8, 4) is 0 Å². The third-order valence-corrected chi connectivity index (χ3v) is 3.09. The van der Waals surface area contributed by atoms with E-state index in [4.69, 9.17) is 17.3 Å². The number of piperidine rings is 1. The molecule has 19 heavy (non-hydrogen) atoms. The molecule has 1 unspecified atom stereocenters. The number of anilines is 1. The van der Waals surface area contributed by atoms with E-state index >= 15 is 0 Å². The zero-order valence-corrected chi connectivity index (χ0v) is 10.7. The Bertz CT molecular complexity index is 559. The summed E-state index contributed by atoms with van der Waals surface area (Å²) >= 11 is 5.91. The second kappa shape index (κ2) is 5.27. The summed E-state index contributed by atoms with van der Waals surface area (Å²) in [5.74, 6) is -1.31. The van der Waals surface area contributed by atoms with Crippen LogP contribution in [0.1, 0.15) is 23.2 Å². The fraction of sp³-hybridized carbons (Fsp3) is 0.250. The molecular weight excluding hydrogens is 270 g/mol. The quantitative estimate of drug-likeness (QED) is 0.541. The average molecular weight is 282 g/mol. The second-order valence-corrected chi connectivity index (χ2v) is 4.62. The minimum absolute atomic E-state index is 0.201. The van der Waals surface area contributed by atoms with Crippen molar-refractivity contribution >= 4 is 35.0 Å². The topological polar surface area (TPSA) is 101 Å². The van der Waals surface area contributed by atoms with Crippen molar-refractivity contribution < 1.29 is 14.4 Å². The fourth-order valence-electron chi connectivity index (χ4n) is 1.78. The number of imide groups is 1. The Kier molecular flexibility index (Phi) is 3.71. The highest BCUT2D eigenvalue weighted by molar-refractivity contribution is 6.34. The Balaban J connectivity index is 2.09. The van der Waals surface area contributed by atoms with E-state index < -0.39 is 17.9 Å². The maximum atomic E-state index is 12.0. The third-order valence-electron chi connectivity index (χ3n) is 2.78. The number of halogens is 1. The molecule has 0 radical (unpaired) electrons. The molecule has 100 valence electrons. The van der Waals surface area contributed by atoms with E-state index in [-0.39, 0.29) is 29.3 Å². The van der Waals surface area contributed by atoms with E-state index in [1.165, 1.54) is 12.1 Å². The molecule has 3 amide bonds. The highest BCUT2D eigenvalue weighted by atomic mass is 35.5. The molecule has 7 heteroatoms. The largest absolute Gasteiger partial charge is 0.399 e. The Morgan fingerprint density at radius 2 is 2.16 bits per heavy atom. The van der Waals surface area contributed by atoms with Crippen molar-refractivity contribution in [1.82, 2.24) is 10.6 Å². The zero-order chi connectivity index (χ0) is 14.0. The van der Waals surface area contributed by atoms with E-state index in [0.717, 1.165) is 0 Å². The molecule has 0 aliphatic carbocycles. The lowest BCUT2D eigenvalue weighted by atomic mass is 10.1. The Labute approximate surface area is 114 Å². The van der Waals surface area contributed by atoms with Crippen LogP contribution in [-0.4, -0.2) is 23.8 Å². The van der Waals surface area contributed by atoms with E-state index in [9.17, 15) is 14.4 Å². The number of nitrogens with two attached hydrogens (primary N) is 1. The number of carbonyl (C=O) groups is 3. The van der Waals surface area contributed by atoms with Gasteiger partial charge in [0, 0.05) is 12.1 Å². The lowest BCUT2D eigenvalue weighted by molar-refractivity contribution is -0.134. The van der Waals surface area contributed by atoms with Gasteiger partial charge >= 0.3 is 0 Å². The standard InChI is InChI=1S/C12H12ClN3O3/c13-8-5-6(14)1-2-7(8)11(18)15-9-3-4-10(17)16-12(9)19/h1-2,5,9H,3-4,14H2,(H,15,18)(H,16,17,19). The summed E-state index contributed by atoms with van der Waals surface area (Å²) in [6.07, 6.45) is 0.481. The Morgan fingerprint density at radius 3 is 2.79 bits per heavy atom. The molecule has 2 rings (SSSR count). The van der Waals surface area contributed by atoms with Crippen LogP contribution in [0.15, 0.2) is 18.2 Å². The summed E-state index contributed by atoms with van der Waals surface area (Å²) in [6.45, 7) is 0. The molecule has 1 aliphatic heterocycles. The summed E-state index contributed by atoms with van der Waals surface area (Å²) < 4.78 is 0. The first-order chi connectivity index (χ1) is 8.97. The van der Waals surface area contributed by atoms with Gasteiger partial charge < -0.3 is 11.1 Å². The van der Waals surface area contributed by atoms with Gasteiger partial charge in [-0.05, 0) is 24.6 Å². The molecular formula is C12H12ClN3O3. The van der Waals surface area contributed by atoms with Gasteiger partial charge in [0.1, 0.15) is 6.04 Å². The van der Waals surface area contributed by atoms with Gasteiger partial charge in [0.25, 0.3) is 5.91 Å². The van der Waals surface area contributed by atoms with Crippen LogP contribution < -0.4 is 16.4 Å². The number of hydrogen-bond acceptors (Lipinski definition) is 4. The first-order valence-electron chi connectivity index (χ1n) is 5.67. The van der Waals surface area contributed by atoms with Gasteiger partial charge in [-0.2, -0.15) is 0 Å². The molecule has 4 N–H and O–H groups in total. The lowest BCUT2D eigenvalue weighted by Crippen LogP contribution is -2.52. The minimum atomic E-state index is -0.723. The van der Waals surface area contributed by atoms with Crippen molar-refractivity contribution in [3.63, 3.8) is 0 Å². The number of nitrogen functional groups attached to an aromatic ring is 1. The summed E-state index contributed by atoms with van der Waals surface area (Å²) in [5.41, 5.74) is 6.21. The summed E-state index contributed by atoms with van der Waals surface area (Å²) in [5, 5.41) is 4.91. The average Bonchev–Trinajstić information content (AvgIpc) is 2.32. The highest BCUT2D eigenvalue weighted by Crippen LogP contribution is 2.19. The summed E-state index contributed by atoms with van der Waals surface area (Å²) in [7, 11) is 0. The first-order valence-corrected chi connectivity index (χ1v) is 6.05. The maximum Gasteiger partial charge on any atom is 0.253 e. The number of benzene rings is 1. The second-order valence-electron chi connectivity index (χ2n) is 4.22. The molecule has 1 heterocycles. The number of hydrogen-bond donors (Lipinski definition) is 3. The van der Waals surface area contributed by atoms with Crippen LogP contribution in [0.25, 0.3) is 0 Å².